The van der Waals surface area contributed by atoms with E-state index in [1.807, 2.05) is 16.3 Å². The molecule has 6 rings (SSSR count). The molecule has 2 amide bonds. The molecule has 1 saturated heterocycles. The maximum atomic E-state index is 13.3. The zero-order chi connectivity index (χ0) is 29.6. The van der Waals surface area contributed by atoms with Gasteiger partial charge in [0.2, 0.25) is 0 Å². The first kappa shape index (κ1) is 28.6. The van der Waals surface area contributed by atoms with Crippen molar-refractivity contribution in [3.8, 4) is 0 Å². The highest BCUT2D eigenvalue weighted by Crippen LogP contribution is 2.54. The van der Waals surface area contributed by atoms with Crippen LogP contribution in [0.2, 0.25) is 0 Å². The number of carbonyl (C=O) groups excluding carboxylic acids is 2. The molecule has 1 aromatic carbocycles. The minimum atomic E-state index is -4.61. The van der Waals surface area contributed by atoms with Crippen LogP contribution in [0.1, 0.15) is 88.1 Å². The van der Waals surface area contributed by atoms with Crippen molar-refractivity contribution in [3.05, 3.63) is 84.7 Å². The normalized spacial score (nSPS) is 19.1. The van der Waals surface area contributed by atoms with E-state index < -0.39 is 29.2 Å². The summed E-state index contributed by atoms with van der Waals surface area (Å²) in [6, 6.07) is 5.99. The summed E-state index contributed by atoms with van der Waals surface area (Å²) in [6.07, 6.45) is -0.735. The van der Waals surface area contributed by atoms with Crippen molar-refractivity contribution >= 4 is 23.2 Å². The largest absolute Gasteiger partial charge is 0.416 e. The van der Waals surface area contributed by atoms with Crippen molar-refractivity contribution in [2.75, 3.05) is 19.6 Å². The second kappa shape index (κ2) is 11.0. The molecule has 12 heteroatoms. The zero-order valence-electron chi connectivity index (χ0n) is 22.9. The van der Waals surface area contributed by atoms with Gasteiger partial charge in [0, 0.05) is 29.9 Å². The molecule has 1 atom stereocenters. The van der Waals surface area contributed by atoms with Gasteiger partial charge >= 0.3 is 6.18 Å². The number of thiophene rings is 1. The van der Waals surface area contributed by atoms with Crippen LogP contribution in [-0.2, 0) is 29.4 Å². The van der Waals surface area contributed by atoms with Crippen LogP contribution in [0, 0.1) is 0 Å². The first-order chi connectivity index (χ1) is 20.1. The monoisotopic (exact) mass is 600 g/mol. The van der Waals surface area contributed by atoms with Gasteiger partial charge in [0.25, 0.3) is 17.4 Å². The molecule has 222 valence electrons. The van der Waals surface area contributed by atoms with E-state index in [-0.39, 0.29) is 30.1 Å². The number of aliphatic hydroxyl groups excluding tert-OH is 1. The van der Waals surface area contributed by atoms with E-state index in [9.17, 15) is 32.7 Å². The Labute approximate surface area is 244 Å². The maximum absolute atomic E-state index is 13.3. The third kappa shape index (κ3) is 5.37. The van der Waals surface area contributed by atoms with Gasteiger partial charge in [-0.25, -0.2) is 4.98 Å². The lowest BCUT2D eigenvalue weighted by Gasteiger charge is -2.26. The summed E-state index contributed by atoms with van der Waals surface area (Å²) in [5.41, 5.74) is -0.408. The van der Waals surface area contributed by atoms with Crippen LogP contribution in [-0.4, -0.2) is 56.3 Å². The number of benzene rings is 1. The van der Waals surface area contributed by atoms with Gasteiger partial charge in [0.1, 0.15) is 5.82 Å². The number of H-pyrrole nitrogens is 1. The van der Waals surface area contributed by atoms with Crippen LogP contribution in [0.4, 0.5) is 13.2 Å². The minimum Gasteiger partial charge on any atom is -0.378 e. The molecule has 2 aromatic heterocycles. The first-order valence-corrected chi connectivity index (χ1v) is 15.1. The number of amides is 2. The van der Waals surface area contributed by atoms with E-state index in [0.29, 0.717) is 35.5 Å². The highest BCUT2D eigenvalue weighted by Gasteiger charge is 2.50. The van der Waals surface area contributed by atoms with Crippen LogP contribution in [0.5, 0.6) is 0 Å². The third-order valence-corrected chi connectivity index (χ3v) is 9.67. The van der Waals surface area contributed by atoms with Crippen LogP contribution < -0.4 is 5.56 Å². The second-order valence-electron chi connectivity index (χ2n) is 11.4. The Morgan fingerprint density at radius 2 is 1.79 bits per heavy atom. The minimum absolute atomic E-state index is 0.0356. The van der Waals surface area contributed by atoms with Crippen molar-refractivity contribution in [1.29, 1.82) is 0 Å². The predicted octanol–water partition coefficient (Wildman–Crippen LogP) is 4.56. The van der Waals surface area contributed by atoms with E-state index in [2.05, 4.69) is 4.98 Å². The number of nitrogens with zero attached hydrogens (tertiary/aromatic N) is 3. The van der Waals surface area contributed by atoms with Crippen molar-refractivity contribution in [2.24, 2.45) is 0 Å². The Hall–Kier alpha value is -3.51. The first-order valence-electron chi connectivity index (χ1n) is 14.2. The molecule has 2 N–H and O–H groups in total. The summed E-state index contributed by atoms with van der Waals surface area (Å²) in [5, 5.41) is 12.5. The molecule has 0 radical (unpaired) electrons. The number of fused-ring (bicyclic) bond motifs is 1. The fourth-order valence-corrected chi connectivity index (χ4v) is 7.08. The Morgan fingerprint density at radius 3 is 2.50 bits per heavy atom. The lowest BCUT2D eigenvalue weighted by Crippen LogP contribution is -2.36. The fourth-order valence-electron chi connectivity index (χ4n) is 5.94. The van der Waals surface area contributed by atoms with Crippen molar-refractivity contribution in [2.45, 2.75) is 69.2 Å². The summed E-state index contributed by atoms with van der Waals surface area (Å²) >= 11 is 1.50. The number of carbonyl (C=O) groups is 2. The SMILES string of the molecule is O=C(c1csc(C2(c3nc4c(c(=O)[nH]3)CN(C(=O)C(O)c3cccc(C(F)(F)F)c3)CCC4)CC2)c1)N1CCCCC1. The average molecular weight is 601 g/mol. The number of likely N-dealkylation sites (tertiary alicyclic amines) is 1. The van der Waals surface area contributed by atoms with Gasteiger partial charge in [0.05, 0.1) is 34.3 Å². The van der Waals surface area contributed by atoms with Gasteiger partial charge in [0.15, 0.2) is 6.10 Å². The van der Waals surface area contributed by atoms with Gasteiger partial charge in [-0.15, -0.1) is 11.3 Å². The van der Waals surface area contributed by atoms with Crippen LogP contribution in [0.3, 0.4) is 0 Å². The molecule has 42 heavy (non-hydrogen) atoms. The Kier molecular flexibility index (Phi) is 7.46. The smallest absolute Gasteiger partial charge is 0.378 e. The lowest BCUT2D eigenvalue weighted by atomic mass is 10.0. The highest BCUT2D eigenvalue weighted by molar-refractivity contribution is 7.10. The van der Waals surface area contributed by atoms with E-state index >= 15 is 0 Å². The summed E-state index contributed by atoms with van der Waals surface area (Å²) in [7, 11) is 0. The third-order valence-electron chi connectivity index (χ3n) is 8.53. The molecule has 2 fully saturated rings. The summed E-state index contributed by atoms with van der Waals surface area (Å²) < 4.78 is 39.5. The number of aliphatic hydroxyl groups is 1. The van der Waals surface area contributed by atoms with Gasteiger partial charge in [-0.2, -0.15) is 13.2 Å². The molecular weight excluding hydrogens is 569 g/mol. The standard InChI is InChI=1S/C30H31F3N4O4S/c31-30(32,33)20-7-4-6-18(14-20)24(38)27(41)37-13-5-8-22-21(16-37)25(39)35-28(34-22)29(9-10-29)23-15-19(17-42-23)26(40)36-11-2-1-3-12-36/h4,6-7,14-15,17,24,38H,1-3,5,8-13,16H2,(H,34,35,39). The van der Waals surface area contributed by atoms with Crippen LogP contribution in [0.15, 0.2) is 40.5 Å². The summed E-state index contributed by atoms with van der Waals surface area (Å²) in [5.74, 6) is -0.184. The number of hydrogen-bond acceptors (Lipinski definition) is 6. The number of aromatic nitrogens is 2. The number of hydrogen-bond donors (Lipinski definition) is 2. The molecular formula is C30H31F3N4O4S. The van der Waals surface area contributed by atoms with Crippen molar-refractivity contribution in [3.63, 3.8) is 0 Å². The molecule has 0 spiro atoms. The van der Waals surface area contributed by atoms with Gasteiger partial charge in [-0.3, -0.25) is 14.4 Å². The Balaban J connectivity index is 1.22. The molecule has 8 nitrogen and oxygen atoms in total. The van der Waals surface area contributed by atoms with Crippen molar-refractivity contribution in [1.82, 2.24) is 19.8 Å². The molecule has 4 heterocycles. The number of piperidine rings is 1. The molecule has 2 aliphatic heterocycles. The maximum Gasteiger partial charge on any atom is 0.416 e. The van der Waals surface area contributed by atoms with Crippen molar-refractivity contribution < 1.29 is 27.9 Å². The quantitative estimate of drug-likeness (QED) is 0.447. The van der Waals surface area contributed by atoms with E-state index in [0.717, 1.165) is 68.3 Å². The number of rotatable bonds is 5. The average Bonchev–Trinajstić information content (AvgIpc) is 3.70. The van der Waals surface area contributed by atoms with Gasteiger partial charge in [-0.1, -0.05) is 12.1 Å². The fraction of sp³-hybridized carbons (Fsp3) is 0.467. The molecule has 1 aliphatic carbocycles. The molecule has 1 saturated carbocycles. The van der Waals surface area contributed by atoms with Gasteiger partial charge in [-0.05, 0) is 68.7 Å². The Bertz CT molecular complexity index is 1570. The van der Waals surface area contributed by atoms with Crippen LogP contribution >= 0.6 is 11.3 Å². The summed E-state index contributed by atoms with van der Waals surface area (Å²) in [4.78, 5) is 51.5. The lowest BCUT2D eigenvalue weighted by molar-refractivity contribution is -0.142. The number of halogens is 3. The predicted molar refractivity (Wildman–Crippen MR) is 149 cm³/mol. The molecule has 3 aliphatic rings. The van der Waals surface area contributed by atoms with E-state index in [1.165, 1.54) is 22.3 Å². The molecule has 0 bridgehead atoms. The highest BCUT2D eigenvalue weighted by atomic mass is 32.1. The topological polar surface area (TPSA) is 107 Å². The number of aromatic amines is 1. The summed E-state index contributed by atoms with van der Waals surface area (Å²) in [6.45, 7) is 1.65. The van der Waals surface area contributed by atoms with E-state index in [1.54, 1.807) is 0 Å². The number of alkyl halides is 3. The van der Waals surface area contributed by atoms with Crippen LogP contribution in [0.25, 0.3) is 0 Å². The second-order valence-corrected chi connectivity index (χ2v) is 12.3. The number of aryl methyl sites for hydroxylation is 1. The number of nitrogens with one attached hydrogen (secondary N) is 1. The zero-order valence-corrected chi connectivity index (χ0v) is 23.7. The molecule has 3 aromatic rings. The van der Waals surface area contributed by atoms with Gasteiger partial charge < -0.3 is 19.9 Å². The molecule has 1 unspecified atom stereocenters. The Morgan fingerprint density at radius 1 is 1.05 bits per heavy atom. The van der Waals surface area contributed by atoms with E-state index in [4.69, 9.17) is 4.98 Å².